The monoisotopic (exact) mass is 318 g/mol. The fourth-order valence-electron chi connectivity index (χ4n) is 1.69. The topological polar surface area (TPSA) is 48.7 Å². The van der Waals surface area contributed by atoms with Crippen LogP contribution in [0.25, 0.3) is 0 Å². The van der Waals surface area contributed by atoms with Gasteiger partial charge in [-0.1, -0.05) is 0 Å². The highest BCUT2D eigenvalue weighted by molar-refractivity contribution is 4.94. The van der Waals surface area contributed by atoms with Gasteiger partial charge in [-0.25, -0.2) is 0 Å². The lowest BCUT2D eigenvalue weighted by Crippen LogP contribution is -1.94. The highest BCUT2D eigenvalue weighted by Gasteiger charge is 2.07. The van der Waals surface area contributed by atoms with Crippen molar-refractivity contribution >= 4 is 0 Å². The Morgan fingerprint density at radius 3 is 1.52 bits per heavy atom. The predicted octanol–water partition coefficient (Wildman–Crippen LogP) is 5.64. The van der Waals surface area contributed by atoms with Crippen LogP contribution in [0.2, 0.25) is 0 Å². The molecule has 23 heavy (non-hydrogen) atoms. The van der Waals surface area contributed by atoms with Crippen molar-refractivity contribution in [3.63, 3.8) is 0 Å². The molecule has 0 aromatic carbocycles. The smallest absolute Gasteiger partial charge is 0.100 e. The first kappa shape index (κ1) is 18.8. The highest BCUT2D eigenvalue weighted by atomic mass is 16.5. The molecule has 0 aliphatic carbocycles. The average Bonchev–Trinajstić information content (AvgIpc) is 3.31. The summed E-state index contributed by atoms with van der Waals surface area (Å²) in [6, 6.07) is 11.2. The summed E-state index contributed by atoms with van der Waals surface area (Å²) in [6.07, 6.45) is 9.65. The van der Waals surface area contributed by atoms with E-state index in [0.29, 0.717) is 6.10 Å². The van der Waals surface area contributed by atoms with E-state index in [2.05, 4.69) is 11.3 Å². The lowest BCUT2D eigenvalue weighted by molar-refractivity contribution is 0.125. The summed E-state index contributed by atoms with van der Waals surface area (Å²) < 4.78 is 19.4. The van der Waals surface area contributed by atoms with E-state index in [4.69, 9.17) is 13.6 Å². The van der Waals surface area contributed by atoms with Crippen molar-refractivity contribution in [3.05, 3.63) is 73.0 Å². The summed E-state index contributed by atoms with van der Waals surface area (Å²) in [6.45, 7) is 6.94. The predicted molar refractivity (Wildman–Crippen MR) is 90.2 cm³/mol. The Hall–Kier alpha value is -2.20. The van der Waals surface area contributed by atoms with Crippen LogP contribution in [0.5, 0.6) is 0 Å². The first-order valence-corrected chi connectivity index (χ1v) is 7.77. The van der Waals surface area contributed by atoms with E-state index in [0.717, 1.165) is 18.1 Å². The maximum Gasteiger partial charge on any atom is 0.100 e. The van der Waals surface area contributed by atoms with E-state index in [1.165, 1.54) is 12.8 Å². The van der Waals surface area contributed by atoms with Gasteiger partial charge in [-0.3, -0.25) is 0 Å². The van der Waals surface area contributed by atoms with E-state index in [1.807, 2.05) is 50.2 Å². The minimum absolute atomic E-state index is 0.546. The molecule has 3 aromatic heterocycles. The molecule has 0 spiro atoms. The first-order chi connectivity index (χ1) is 11.2. The third-order valence-corrected chi connectivity index (χ3v) is 2.91. The van der Waals surface area contributed by atoms with E-state index in [-0.39, 0.29) is 0 Å². The molecule has 0 bridgehead atoms. The Balaban J connectivity index is 0.000000154. The van der Waals surface area contributed by atoms with Gasteiger partial charge in [0.2, 0.25) is 0 Å². The largest absolute Gasteiger partial charge is 0.473 e. The van der Waals surface area contributed by atoms with Crippen LogP contribution in [0.3, 0.4) is 0 Å². The van der Waals surface area contributed by atoms with Crippen molar-refractivity contribution < 1.29 is 18.0 Å². The van der Waals surface area contributed by atoms with Crippen LogP contribution in [0, 0.1) is 13.8 Å². The van der Waals surface area contributed by atoms with Gasteiger partial charge in [0.1, 0.15) is 11.5 Å². The zero-order valence-corrected chi connectivity index (χ0v) is 14.1. The van der Waals surface area contributed by atoms with Gasteiger partial charge >= 0.3 is 0 Å². The van der Waals surface area contributed by atoms with Crippen LogP contribution < -0.4 is 0 Å². The SMILES string of the molecule is CC1CCCO1.Cc1ccco1.Cc1ccco1.c1ccoc1. The van der Waals surface area contributed by atoms with Crippen LogP contribution >= 0.6 is 0 Å². The van der Waals surface area contributed by atoms with Crippen molar-refractivity contribution in [2.45, 2.75) is 39.7 Å². The van der Waals surface area contributed by atoms with Gasteiger partial charge < -0.3 is 18.0 Å². The van der Waals surface area contributed by atoms with Crippen LogP contribution in [-0.4, -0.2) is 12.7 Å². The van der Waals surface area contributed by atoms with Crippen molar-refractivity contribution in [2.24, 2.45) is 0 Å². The van der Waals surface area contributed by atoms with E-state index in [1.54, 1.807) is 25.1 Å². The maximum atomic E-state index is 5.15. The quantitative estimate of drug-likeness (QED) is 0.538. The second-order valence-corrected chi connectivity index (χ2v) is 5.06. The second kappa shape index (κ2) is 12.4. The van der Waals surface area contributed by atoms with Crippen LogP contribution in [0.1, 0.15) is 31.3 Å². The van der Waals surface area contributed by atoms with Gasteiger partial charge in [0, 0.05) is 6.61 Å². The normalized spacial score (nSPS) is 15.3. The lowest BCUT2D eigenvalue weighted by atomic mass is 10.3. The molecule has 0 radical (unpaired) electrons. The highest BCUT2D eigenvalue weighted by Crippen LogP contribution is 2.09. The molecule has 4 heterocycles. The van der Waals surface area contributed by atoms with E-state index < -0.39 is 0 Å². The van der Waals surface area contributed by atoms with E-state index in [9.17, 15) is 0 Å². The molecule has 1 atom stereocenters. The molecule has 0 amide bonds. The van der Waals surface area contributed by atoms with Crippen LogP contribution in [0.15, 0.2) is 74.7 Å². The van der Waals surface area contributed by atoms with Gasteiger partial charge in [-0.2, -0.15) is 0 Å². The van der Waals surface area contributed by atoms with E-state index >= 15 is 0 Å². The molecular weight excluding hydrogens is 292 g/mol. The fourth-order valence-corrected chi connectivity index (χ4v) is 1.69. The molecule has 4 rings (SSSR count). The number of hydrogen-bond acceptors (Lipinski definition) is 4. The van der Waals surface area contributed by atoms with Gasteiger partial charge in [0.05, 0.1) is 31.2 Å². The Kier molecular flexibility index (Phi) is 10.1. The molecule has 1 fully saturated rings. The van der Waals surface area contributed by atoms with Gasteiger partial charge in [0.25, 0.3) is 0 Å². The van der Waals surface area contributed by atoms with Crippen molar-refractivity contribution in [1.82, 2.24) is 0 Å². The van der Waals surface area contributed by atoms with Crippen LogP contribution in [-0.2, 0) is 4.74 Å². The molecule has 126 valence electrons. The Labute approximate surface area is 138 Å². The molecule has 4 nitrogen and oxygen atoms in total. The number of furan rings is 3. The zero-order valence-electron chi connectivity index (χ0n) is 14.1. The summed E-state index contributed by atoms with van der Waals surface area (Å²) in [4.78, 5) is 0. The average molecular weight is 318 g/mol. The minimum Gasteiger partial charge on any atom is -0.473 e. The standard InChI is InChI=1S/C5H10O.2C5H6O.C4H4O/c3*1-5-3-2-4-6-5;1-2-4-5-3-1/h5H,2-4H2,1H3;2*2-4H,1H3;1-4H. The van der Waals surface area contributed by atoms with Crippen molar-refractivity contribution in [1.29, 1.82) is 0 Å². The fraction of sp³-hybridized carbons (Fsp3) is 0.368. The summed E-state index contributed by atoms with van der Waals surface area (Å²) in [5.74, 6) is 1.94. The lowest BCUT2D eigenvalue weighted by Gasteiger charge is -1.94. The maximum absolute atomic E-state index is 5.15. The molecule has 1 aliphatic rings. The third-order valence-electron chi connectivity index (χ3n) is 2.91. The number of hydrogen-bond donors (Lipinski definition) is 0. The van der Waals surface area contributed by atoms with Crippen molar-refractivity contribution in [2.75, 3.05) is 6.61 Å². The zero-order chi connectivity index (χ0) is 16.8. The summed E-state index contributed by atoms with van der Waals surface area (Å²) in [5, 5.41) is 0. The van der Waals surface area contributed by atoms with Gasteiger partial charge in [-0.15, -0.1) is 0 Å². The molecule has 1 saturated heterocycles. The Bertz CT molecular complexity index is 483. The summed E-state index contributed by atoms with van der Waals surface area (Å²) in [5.41, 5.74) is 0. The molecule has 0 saturated carbocycles. The summed E-state index contributed by atoms with van der Waals surface area (Å²) >= 11 is 0. The molecule has 1 unspecified atom stereocenters. The molecule has 0 N–H and O–H groups in total. The second-order valence-electron chi connectivity index (χ2n) is 5.06. The first-order valence-electron chi connectivity index (χ1n) is 7.77. The Morgan fingerprint density at radius 1 is 0.826 bits per heavy atom. The molecule has 4 heteroatoms. The minimum atomic E-state index is 0.546. The molecule has 3 aromatic rings. The van der Waals surface area contributed by atoms with Crippen LogP contribution in [0.4, 0.5) is 0 Å². The van der Waals surface area contributed by atoms with Crippen molar-refractivity contribution in [3.8, 4) is 0 Å². The van der Waals surface area contributed by atoms with Gasteiger partial charge in [-0.05, 0) is 70.0 Å². The third kappa shape index (κ3) is 11.1. The number of rotatable bonds is 0. The Morgan fingerprint density at radius 2 is 1.39 bits per heavy atom. The summed E-state index contributed by atoms with van der Waals surface area (Å²) in [7, 11) is 0. The number of aryl methyl sites for hydroxylation is 2. The molecular formula is C19H26O4. The number of ether oxygens (including phenoxy) is 1. The van der Waals surface area contributed by atoms with Gasteiger partial charge in [0.15, 0.2) is 0 Å². The molecule has 1 aliphatic heterocycles.